The molecule has 1 aliphatic heterocycles. The molecule has 1 N–H and O–H groups in total. The van der Waals surface area contributed by atoms with Crippen molar-refractivity contribution in [2.75, 3.05) is 26.2 Å². The summed E-state index contributed by atoms with van der Waals surface area (Å²) in [6.45, 7) is 9.17. The second kappa shape index (κ2) is 13.2. The lowest BCUT2D eigenvalue weighted by molar-refractivity contribution is -0.148. The molecule has 1 unspecified atom stereocenters. The number of aliphatic hydroxyl groups is 1. The van der Waals surface area contributed by atoms with Crippen LogP contribution in [0.3, 0.4) is 0 Å². The van der Waals surface area contributed by atoms with Gasteiger partial charge >= 0.3 is 5.97 Å². The van der Waals surface area contributed by atoms with Crippen LogP contribution in [0.2, 0.25) is 0 Å². The molecule has 1 heterocycles. The molecule has 0 aliphatic carbocycles. The minimum Gasteiger partial charge on any atom is -0.465 e. The van der Waals surface area contributed by atoms with E-state index in [2.05, 4.69) is 65.6 Å². The summed E-state index contributed by atoms with van der Waals surface area (Å²) in [4.78, 5) is 14.9. The van der Waals surface area contributed by atoms with Gasteiger partial charge < -0.3 is 14.7 Å². The maximum Gasteiger partial charge on any atom is 0.315 e. The molecule has 1 saturated heterocycles. The lowest BCUT2D eigenvalue weighted by atomic mass is 9.76. The number of likely N-dealkylation sites (tertiary alicyclic amines) is 1. The van der Waals surface area contributed by atoms with Crippen molar-refractivity contribution in [3.8, 4) is 0 Å². The van der Waals surface area contributed by atoms with Gasteiger partial charge in [-0.3, -0.25) is 4.79 Å². The summed E-state index contributed by atoms with van der Waals surface area (Å²) in [5, 5.41) is 10.8. The SMILES string of the molecule is CCOC(=O)C(C)(C)c1ccc(C(O)CCCN2CCC(C(c3ccccc3)c3ccccc3)CC2)cc1. The second-order valence-corrected chi connectivity index (χ2v) is 11.1. The second-order valence-electron chi connectivity index (χ2n) is 11.1. The summed E-state index contributed by atoms with van der Waals surface area (Å²) in [6.07, 6.45) is 3.58. The van der Waals surface area contributed by atoms with E-state index in [1.807, 2.05) is 45.0 Å². The molecule has 0 saturated carbocycles. The number of piperidine rings is 1. The fourth-order valence-corrected chi connectivity index (χ4v) is 5.79. The Morgan fingerprint density at radius 3 is 1.97 bits per heavy atom. The molecule has 1 fully saturated rings. The molecule has 0 spiro atoms. The van der Waals surface area contributed by atoms with Gasteiger partial charge in [-0.1, -0.05) is 84.9 Å². The number of nitrogens with zero attached hydrogens (tertiary/aromatic N) is 1. The normalized spacial score (nSPS) is 15.9. The molecular formula is C34H43NO3. The van der Waals surface area contributed by atoms with Crippen LogP contribution in [-0.4, -0.2) is 42.2 Å². The minimum absolute atomic E-state index is 0.226. The van der Waals surface area contributed by atoms with E-state index in [1.54, 1.807) is 0 Å². The van der Waals surface area contributed by atoms with E-state index in [4.69, 9.17) is 4.74 Å². The first-order valence-electron chi connectivity index (χ1n) is 14.2. The van der Waals surface area contributed by atoms with Crippen molar-refractivity contribution in [3.63, 3.8) is 0 Å². The summed E-state index contributed by atoms with van der Waals surface area (Å²) in [6, 6.07) is 29.7. The van der Waals surface area contributed by atoms with Crippen LogP contribution >= 0.6 is 0 Å². The van der Waals surface area contributed by atoms with Gasteiger partial charge in [0, 0.05) is 5.92 Å². The highest BCUT2D eigenvalue weighted by molar-refractivity contribution is 5.82. The Kier molecular flexibility index (Phi) is 9.76. The van der Waals surface area contributed by atoms with E-state index < -0.39 is 11.5 Å². The van der Waals surface area contributed by atoms with Crippen LogP contribution in [-0.2, 0) is 14.9 Å². The van der Waals surface area contributed by atoms with Crippen molar-refractivity contribution in [1.82, 2.24) is 4.90 Å². The summed E-state index contributed by atoms with van der Waals surface area (Å²) in [5.41, 5.74) is 3.93. The lowest BCUT2D eigenvalue weighted by Gasteiger charge is -2.36. The summed E-state index contributed by atoms with van der Waals surface area (Å²) in [5.74, 6) is 0.855. The van der Waals surface area contributed by atoms with Crippen molar-refractivity contribution in [3.05, 3.63) is 107 Å². The topological polar surface area (TPSA) is 49.8 Å². The zero-order valence-corrected chi connectivity index (χ0v) is 23.2. The van der Waals surface area contributed by atoms with Gasteiger partial charge in [0.15, 0.2) is 0 Å². The number of hydrogen-bond donors (Lipinski definition) is 1. The van der Waals surface area contributed by atoms with Crippen LogP contribution < -0.4 is 0 Å². The van der Waals surface area contributed by atoms with E-state index in [0.29, 0.717) is 18.4 Å². The molecule has 0 bridgehead atoms. The van der Waals surface area contributed by atoms with Crippen LogP contribution in [0.5, 0.6) is 0 Å². The summed E-state index contributed by atoms with van der Waals surface area (Å²) >= 11 is 0. The van der Waals surface area contributed by atoms with Gasteiger partial charge in [0.1, 0.15) is 0 Å². The van der Waals surface area contributed by atoms with Gasteiger partial charge in [-0.2, -0.15) is 0 Å². The number of ether oxygens (including phenoxy) is 1. The summed E-state index contributed by atoms with van der Waals surface area (Å²) < 4.78 is 5.22. The van der Waals surface area contributed by atoms with Crippen LogP contribution in [0.4, 0.5) is 0 Å². The smallest absolute Gasteiger partial charge is 0.315 e. The number of esters is 1. The highest BCUT2D eigenvalue weighted by atomic mass is 16.5. The van der Waals surface area contributed by atoms with E-state index in [-0.39, 0.29) is 5.97 Å². The quantitative estimate of drug-likeness (QED) is 0.284. The predicted molar refractivity (Wildman–Crippen MR) is 154 cm³/mol. The molecule has 3 aromatic carbocycles. The number of carbonyl (C=O) groups is 1. The number of benzene rings is 3. The monoisotopic (exact) mass is 513 g/mol. The van der Waals surface area contributed by atoms with Crippen molar-refractivity contribution in [2.45, 2.75) is 63.9 Å². The highest BCUT2D eigenvalue weighted by Gasteiger charge is 2.31. The maximum atomic E-state index is 12.3. The molecule has 0 amide bonds. The standard InChI is InChI=1S/C34H43NO3/c1-4-38-33(37)34(2,3)30-19-17-26(18-20-30)31(36)16-11-23-35-24-21-29(22-25-35)32(27-12-7-5-8-13-27)28-14-9-6-10-15-28/h5-10,12-15,17-20,29,31-32,36H,4,11,16,21-25H2,1-3H3. The molecule has 4 rings (SSSR count). The Morgan fingerprint density at radius 2 is 1.45 bits per heavy atom. The zero-order chi connectivity index (χ0) is 27.0. The van der Waals surface area contributed by atoms with Gasteiger partial charge in [-0.05, 0) is 94.3 Å². The molecule has 0 radical (unpaired) electrons. The molecule has 202 valence electrons. The third-order valence-corrected chi connectivity index (χ3v) is 8.18. The molecular weight excluding hydrogens is 470 g/mol. The Balaban J connectivity index is 1.27. The van der Waals surface area contributed by atoms with E-state index >= 15 is 0 Å². The first-order chi connectivity index (χ1) is 18.4. The summed E-state index contributed by atoms with van der Waals surface area (Å²) in [7, 11) is 0. The average Bonchev–Trinajstić information content (AvgIpc) is 2.95. The predicted octanol–water partition coefficient (Wildman–Crippen LogP) is 6.89. The number of aliphatic hydroxyl groups excluding tert-OH is 1. The number of carbonyl (C=O) groups excluding carboxylic acids is 1. The van der Waals surface area contributed by atoms with Crippen LogP contribution in [0.25, 0.3) is 0 Å². The Hall–Kier alpha value is -2.95. The number of hydrogen-bond acceptors (Lipinski definition) is 4. The Bertz CT molecular complexity index is 1080. The largest absolute Gasteiger partial charge is 0.465 e. The van der Waals surface area contributed by atoms with E-state index in [0.717, 1.165) is 43.6 Å². The van der Waals surface area contributed by atoms with Crippen molar-refractivity contribution < 1.29 is 14.6 Å². The van der Waals surface area contributed by atoms with Gasteiger partial charge in [0.05, 0.1) is 18.1 Å². The van der Waals surface area contributed by atoms with Crippen molar-refractivity contribution in [2.24, 2.45) is 5.92 Å². The van der Waals surface area contributed by atoms with Crippen LogP contribution in [0.1, 0.15) is 80.7 Å². The van der Waals surface area contributed by atoms with E-state index in [9.17, 15) is 9.90 Å². The maximum absolute atomic E-state index is 12.3. The lowest BCUT2D eigenvalue weighted by Crippen LogP contribution is -2.36. The van der Waals surface area contributed by atoms with Gasteiger partial charge in [0.25, 0.3) is 0 Å². The van der Waals surface area contributed by atoms with Gasteiger partial charge in [-0.25, -0.2) is 0 Å². The van der Waals surface area contributed by atoms with Crippen LogP contribution in [0, 0.1) is 5.92 Å². The molecule has 4 nitrogen and oxygen atoms in total. The van der Waals surface area contributed by atoms with Crippen molar-refractivity contribution >= 4 is 5.97 Å². The Morgan fingerprint density at radius 1 is 0.895 bits per heavy atom. The Labute approximate surface area is 228 Å². The van der Waals surface area contributed by atoms with Gasteiger partial charge in [-0.15, -0.1) is 0 Å². The first kappa shape index (κ1) is 28.1. The molecule has 38 heavy (non-hydrogen) atoms. The van der Waals surface area contributed by atoms with Crippen molar-refractivity contribution in [1.29, 1.82) is 0 Å². The molecule has 3 aromatic rings. The fourth-order valence-electron chi connectivity index (χ4n) is 5.79. The van der Waals surface area contributed by atoms with Gasteiger partial charge in [0.2, 0.25) is 0 Å². The fraction of sp³-hybridized carbons (Fsp3) is 0.441. The zero-order valence-electron chi connectivity index (χ0n) is 23.2. The highest BCUT2D eigenvalue weighted by Crippen LogP contribution is 2.38. The molecule has 0 aromatic heterocycles. The molecule has 1 atom stereocenters. The number of rotatable bonds is 11. The first-order valence-corrected chi connectivity index (χ1v) is 14.2. The molecule has 4 heteroatoms. The third-order valence-electron chi connectivity index (χ3n) is 8.18. The molecule has 1 aliphatic rings. The minimum atomic E-state index is -0.703. The van der Waals surface area contributed by atoms with Crippen LogP contribution in [0.15, 0.2) is 84.9 Å². The third kappa shape index (κ3) is 6.92. The average molecular weight is 514 g/mol. The van der Waals surface area contributed by atoms with E-state index in [1.165, 1.54) is 24.0 Å².